The minimum absolute atomic E-state index is 0.0368. The Morgan fingerprint density at radius 1 is 1.37 bits per heavy atom. The number of allylic oxidation sites excluding steroid dienone is 2. The van der Waals surface area contributed by atoms with E-state index in [9.17, 15) is 10.1 Å². The highest BCUT2D eigenvalue weighted by molar-refractivity contribution is 6.14. The third kappa shape index (κ3) is 3.32. The van der Waals surface area contributed by atoms with Gasteiger partial charge in [-0.15, -0.1) is 6.58 Å². The van der Waals surface area contributed by atoms with Crippen LogP contribution in [0.15, 0.2) is 36.4 Å². The number of aromatic nitrogens is 1. The summed E-state index contributed by atoms with van der Waals surface area (Å²) in [6, 6.07) is 7.24. The number of carbonyl (C=O) groups excluding carboxylic acids is 1. The Bertz CT molecular complexity index is 993. The molecular formula is C21H20N2O4. The highest BCUT2D eigenvalue weighted by Crippen LogP contribution is 2.42. The van der Waals surface area contributed by atoms with Crippen molar-refractivity contribution in [3.63, 3.8) is 0 Å². The number of aryl methyl sites for hydroxylation is 1. The molecule has 0 atom stereocenters. The Kier molecular flexibility index (Phi) is 5.04. The summed E-state index contributed by atoms with van der Waals surface area (Å²) < 4.78 is 18.1. The minimum Gasteiger partial charge on any atom is -0.493 e. The second-order valence-electron chi connectivity index (χ2n) is 6.14. The van der Waals surface area contributed by atoms with Crippen LogP contribution in [0.3, 0.4) is 0 Å². The van der Waals surface area contributed by atoms with E-state index in [1.807, 2.05) is 24.5 Å². The molecule has 0 saturated heterocycles. The van der Waals surface area contributed by atoms with Gasteiger partial charge < -0.3 is 18.8 Å². The quantitative estimate of drug-likeness (QED) is 0.337. The molecule has 1 aliphatic rings. The van der Waals surface area contributed by atoms with Gasteiger partial charge in [-0.05, 0) is 43.7 Å². The largest absolute Gasteiger partial charge is 0.493 e. The zero-order valence-corrected chi connectivity index (χ0v) is 15.5. The van der Waals surface area contributed by atoms with E-state index in [4.69, 9.17) is 14.2 Å². The Balaban J connectivity index is 2.01. The van der Waals surface area contributed by atoms with Gasteiger partial charge in [0.05, 0.1) is 7.11 Å². The highest BCUT2D eigenvalue weighted by Gasteiger charge is 2.22. The van der Waals surface area contributed by atoms with Gasteiger partial charge in [-0.3, -0.25) is 4.79 Å². The summed E-state index contributed by atoms with van der Waals surface area (Å²) in [6.45, 7) is 8.24. The van der Waals surface area contributed by atoms with E-state index in [1.165, 1.54) is 13.2 Å². The molecule has 27 heavy (non-hydrogen) atoms. The maximum absolute atomic E-state index is 12.9. The number of ether oxygens (including phenoxy) is 3. The first-order valence-electron chi connectivity index (χ1n) is 8.42. The maximum Gasteiger partial charge on any atom is 0.231 e. The first-order chi connectivity index (χ1) is 13.0. The van der Waals surface area contributed by atoms with Crippen LogP contribution in [0.1, 0.15) is 27.3 Å². The molecule has 0 fully saturated rings. The van der Waals surface area contributed by atoms with Crippen LogP contribution in [0.4, 0.5) is 0 Å². The molecule has 1 aromatic heterocycles. The van der Waals surface area contributed by atoms with Gasteiger partial charge in [0.1, 0.15) is 11.6 Å². The number of nitrogens with zero attached hydrogens (tertiary/aromatic N) is 2. The van der Waals surface area contributed by atoms with E-state index in [0.717, 1.165) is 11.4 Å². The lowest BCUT2D eigenvalue weighted by atomic mass is 10.0. The van der Waals surface area contributed by atoms with Gasteiger partial charge in [0.2, 0.25) is 18.3 Å². The van der Waals surface area contributed by atoms with Crippen LogP contribution >= 0.6 is 0 Å². The van der Waals surface area contributed by atoms with Gasteiger partial charge in [0, 0.05) is 23.5 Å². The fourth-order valence-corrected chi connectivity index (χ4v) is 3.13. The molecule has 6 heteroatoms. The number of nitriles is 1. The summed E-state index contributed by atoms with van der Waals surface area (Å²) in [4.78, 5) is 12.9. The second-order valence-corrected chi connectivity index (χ2v) is 6.14. The van der Waals surface area contributed by atoms with Crippen LogP contribution in [0.2, 0.25) is 0 Å². The zero-order valence-electron chi connectivity index (χ0n) is 15.5. The lowest BCUT2D eigenvalue weighted by Crippen LogP contribution is -2.05. The smallest absolute Gasteiger partial charge is 0.231 e. The van der Waals surface area contributed by atoms with Crippen molar-refractivity contribution in [1.82, 2.24) is 4.57 Å². The predicted octanol–water partition coefficient (Wildman–Crippen LogP) is 3.82. The zero-order chi connectivity index (χ0) is 19.6. The molecule has 0 saturated carbocycles. The Morgan fingerprint density at radius 3 is 2.81 bits per heavy atom. The molecule has 0 aliphatic carbocycles. The number of ketones is 1. The Morgan fingerprint density at radius 2 is 2.15 bits per heavy atom. The van der Waals surface area contributed by atoms with E-state index < -0.39 is 0 Å². The summed E-state index contributed by atoms with van der Waals surface area (Å²) >= 11 is 0. The van der Waals surface area contributed by atoms with Gasteiger partial charge in [-0.25, -0.2) is 0 Å². The number of Topliss-reactive ketones (excluding diaryl/α,β-unsaturated/α-hetero) is 1. The van der Waals surface area contributed by atoms with Gasteiger partial charge in [0.15, 0.2) is 11.5 Å². The molecule has 0 spiro atoms. The van der Waals surface area contributed by atoms with Crippen molar-refractivity contribution in [2.75, 3.05) is 13.9 Å². The van der Waals surface area contributed by atoms with Crippen molar-refractivity contribution in [2.45, 2.75) is 20.4 Å². The van der Waals surface area contributed by atoms with Gasteiger partial charge in [-0.1, -0.05) is 6.08 Å². The summed E-state index contributed by atoms with van der Waals surface area (Å²) in [6.07, 6.45) is 3.31. The van der Waals surface area contributed by atoms with E-state index in [-0.39, 0.29) is 18.1 Å². The average molecular weight is 364 g/mol. The standard InChI is InChI=1S/C21H20N2O4/c1-5-6-23-13(2)7-17(14(23)3)20(24)16(11-22)8-15-9-18(25-4)21-19(10-15)26-12-27-21/h5,7-10H,1,6,12H2,2-4H3/b16-8+. The van der Waals surface area contributed by atoms with Crippen molar-refractivity contribution in [1.29, 1.82) is 5.26 Å². The van der Waals surface area contributed by atoms with Crippen molar-refractivity contribution < 1.29 is 19.0 Å². The fourth-order valence-electron chi connectivity index (χ4n) is 3.13. The van der Waals surface area contributed by atoms with E-state index in [2.05, 4.69) is 6.58 Å². The molecule has 0 unspecified atom stereocenters. The molecule has 3 rings (SSSR count). The number of methoxy groups -OCH3 is 1. The van der Waals surface area contributed by atoms with Crippen molar-refractivity contribution >= 4 is 11.9 Å². The van der Waals surface area contributed by atoms with Gasteiger partial charge in [0.25, 0.3) is 0 Å². The average Bonchev–Trinajstić information content (AvgIpc) is 3.24. The number of fused-ring (bicyclic) bond motifs is 1. The Labute approximate surface area is 157 Å². The number of carbonyl (C=O) groups is 1. The lowest BCUT2D eigenvalue weighted by molar-refractivity contribution is 0.103. The van der Waals surface area contributed by atoms with Gasteiger partial charge in [-0.2, -0.15) is 5.26 Å². The van der Waals surface area contributed by atoms with Crippen LogP contribution in [0.5, 0.6) is 17.2 Å². The summed E-state index contributed by atoms with van der Waals surface area (Å²) in [5.74, 6) is 1.21. The topological polar surface area (TPSA) is 73.5 Å². The third-order valence-electron chi connectivity index (χ3n) is 4.49. The van der Waals surface area contributed by atoms with Crippen LogP contribution in [-0.4, -0.2) is 24.3 Å². The molecule has 0 N–H and O–H groups in total. The number of rotatable bonds is 6. The Hall–Kier alpha value is -3.46. The van der Waals surface area contributed by atoms with Crippen LogP contribution in [0.25, 0.3) is 6.08 Å². The number of benzene rings is 1. The second kappa shape index (κ2) is 7.42. The molecule has 0 radical (unpaired) electrons. The number of hydrogen-bond acceptors (Lipinski definition) is 5. The van der Waals surface area contributed by atoms with Gasteiger partial charge >= 0.3 is 0 Å². The predicted molar refractivity (Wildman–Crippen MR) is 101 cm³/mol. The van der Waals surface area contributed by atoms with Crippen molar-refractivity contribution in [3.05, 3.63) is 58.9 Å². The van der Waals surface area contributed by atoms with Crippen LogP contribution in [-0.2, 0) is 6.54 Å². The highest BCUT2D eigenvalue weighted by atomic mass is 16.7. The van der Waals surface area contributed by atoms with Crippen molar-refractivity contribution in [3.8, 4) is 23.3 Å². The minimum atomic E-state index is -0.322. The molecule has 0 amide bonds. The molecule has 2 heterocycles. The molecule has 6 nitrogen and oxygen atoms in total. The van der Waals surface area contributed by atoms with Crippen LogP contribution < -0.4 is 14.2 Å². The summed E-state index contributed by atoms with van der Waals surface area (Å²) in [5.41, 5.74) is 2.92. The maximum atomic E-state index is 12.9. The summed E-state index contributed by atoms with van der Waals surface area (Å²) in [7, 11) is 1.52. The fraction of sp³-hybridized carbons (Fsp3) is 0.238. The first-order valence-corrected chi connectivity index (χ1v) is 8.42. The first kappa shape index (κ1) is 18.3. The monoisotopic (exact) mass is 364 g/mol. The third-order valence-corrected chi connectivity index (χ3v) is 4.49. The normalized spacial score (nSPS) is 12.6. The molecular weight excluding hydrogens is 344 g/mol. The van der Waals surface area contributed by atoms with E-state index in [0.29, 0.717) is 34.9 Å². The molecule has 0 bridgehead atoms. The number of hydrogen-bond donors (Lipinski definition) is 0. The molecule has 138 valence electrons. The SMILES string of the molecule is C=CCn1c(C)cc(C(=O)/C(C#N)=C/c2cc(OC)c3c(c2)OCO3)c1C. The molecule has 2 aromatic rings. The van der Waals surface area contributed by atoms with E-state index in [1.54, 1.807) is 24.3 Å². The van der Waals surface area contributed by atoms with Crippen molar-refractivity contribution in [2.24, 2.45) is 0 Å². The van der Waals surface area contributed by atoms with E-state index >= 15 is 0 Å². The lowest BCUT2D eigenvalue weighted by Gasteiger charge is -2.07. The molecule has 1 aliphatic heterocycles. The molecule has 1 aromatic carbocycles. The van der Waals surface area contributed by atoms with Crippen LogP contribution in [0, 0.1) is 25.2 Å². The summed E-state index contributed by atoms with van der Waals surface area (Å²) in [5, 5.41) is 9.56.